The summed E-state index contributed by atoms with van der Waals surface area (Å²) in [6.45, 7) is 11.5. The summed E-state index contributed by atoms with van der Waals surface area (Å²) in [7, 11) is 0. The van der Waals surface area contributed by atoms with E-state index in [2.05, 4.69) is 38.1 Å². The predicted octanol–water partition coefficient (Wildman–Crippen LogP) is 3.22. The maximum Gasteiger partial charge on any atom is 0.123 e. The van der Waals surface area contributed by atoms with Crippen molar-refractivity contribution in [2.75, 3.05) is 6.54 Å². The van der Waals surface area contributed by atoms with E-state index in [1.807, 2.05) is 11.6 Å². The fourth-order valence-corrected chi connectivity index (χ4v) is 2.72. The summed E-state index contributed by atoms with van der Waals surface area (Å²) in [5.41, 5.74) is 3.95. The number of rotatable bonds is 5. The molecule has 0 fully saturated rings. The molecule has 1 heterocycles. The van der Waals surface area contributed by atoms with Gasteiger partial charge in [-0.2, -0.15) is 5.10 Å². The van der Waals surface area contributed by atoms with Crippen LogP contribution in [-0.4, -0.2) is 21.4 Å². The van der Waals surface area contributed by atoms with Gasteiger partial charge < -0.3 is 10.4 Å². The Bertz CT molecular complexity index is 656. The van der Waals surface area contributed by atoms with E-state index in [1.165, 1.54) is 12.1 Å². The van der Waals surface area contributed by atoms with E-state index in [4.69, 9.17) is 0 Å². The van der Waals surface area contributed by atoms with E-state index in [-0.39, 0.29) is 11.4 Å². The van der Waals surface area contributed by atoms with Gasteiger partial charge in [-0.15, -0.1) is 0 Å². The summed E-state index contributed by atoms with van der Waals surface area (Å²) in [4.78, 5) is 0. The highest BCUT2D eigenvalue weighted by atomic mass is 19.1. The Morgan fingerprint density at radius 3 is 2.35 bits per heavy atom. The zero-order chi connectivity index (χ0) is 17.2. The van der Waals surface area contributed by atoms with Crippen LogP contribution in [-0.2, 0) is 12.1 Å². The number of aryl methyl sites for hydroxylation is 1. The molecule has 2 aromatic rings. The molecule has 1 atom stereocenters. The van der Waals surface area contributed by atoms with E-state index >= 15 is 0 Å². The molecular weight excluding hydrogens is 293 g/mol. The van der Waals surface area contributed by atoms with Crippen LogP contribution in [0.2, 0.25) is 0 Å². The molecular formula is C18H26FN3O. The van der Waals surface area contributed by atoms with Gasteiger partial charge in [0.1, 0.15) is 5.82 Å². The number of nitrogens with one attached hydrogen (secondary N) is 1. The Morgan fingerprint density at radius 2 is 1.83 bits per heavy atom. The summed E-state index contributed by atoms with van der Waals surface area (Å²) in [5, 5.41) is 18.0. The SMILES string of the molecule is Cc1nn(C(C)(C)C)c(C)c1CNCC(O)c1ccc(F)cc1. The van der Waals surface area contributed by atoms with Crippen LogP contribution in [0.25, 0.3) is 0 Å². The molecule has 0 radical (unpaired) electrons. The fourth-order valence-electron chi connectivity index (χ4n) is 2.72. The minimum Gasteiger partial charge on any atom is -0.387 e. The van der Waals surface area contributed by atoms with E-state index in [0.29, 0.717) is 18.7 Å². The molecule has 23 heavy (non-hydrogen) atoms. The first-order valence-electron chi connectivity index (χ1n) is 7.90. The third-order valence-electron chi connectivity index (χ3n) is 3.97. The summed E-state index contributed by atoms with van der Waals surface area (Å²) in [6.07, 6.45) is -0.658. The summed E-state index contributed by atoms with van der Waals surface area (Å²) < 4.78 is 14.9. The number of aromatic nitrogens is 2. The summed E-state index contributed by atoms with van der Waals surface area (Å²) >= 11 is 0. The highest BCUT2D eigenvalue weighted by Crippen LogP contribution is 2.21. The first-order chi connectivity index (χ1) is 10.7. The van der Waals surface area contributed by atoms with E-state index < -0.39 is 6.10 Å². The van der Waals surface area contributed by atoms with Crippen molar-refractivity contribution in [2.45, 2.75) is 52.8 Å². The molecule has 1 unspecified atom stereocenters. The first kappa shape index (κ1) is 17.6. The molecule has 1 aromatic heterocycles. The number of nitrogens with zero attached hydrogens (tertiary/aromatic N) is 2. The summed E-state index contributed by atoms with van der Waals surface area (Å²) in [5.74, 6) is -0.297. The Labute approximate surface area is 137 Å². The predicted molar refractivity (Wildman–Crippen MR) is 89.8 cm³/mol. The highest BCUT2D eigenvalue weighted by Gasteiger charge is 2.20. The third-order valence-corrected chi connectivity index (χ3v) is 3.97. The van der Waals surface area contributed by atoms with Gasteiger partial charge in [0.2, 0.25) is 0 Å². The van der Waals surface area contributed by atoms with Crippen molar-refractivity contribution in [3.05, 3.63) is 52.6 Å². The second-order valence-corrected chi connectivity index (χ2v) is 6.93. The molecule has 0 bridgehead atoms. The molecule has 126 valence electrons. The summed E-state index contributed by atoms with van der Waals surface area (Å²) in [6, 6.07) is 5.94. The number of aliphatic hydroxyl groups excluding tert-OH is 1. The zero-order valence-corrected chi connectivity index (χ0v) is 14.5. The van der Waals surface area contributed by atoms with Crippen LogP contribution in [0.5, 0.6) is 0 Å². The van der Waals surface area contributed by atoms with Crippen LogP contribution in [0.1, 0.15) is 49.4 Å². The lowest BCUT2D eigenvalue weighted by Crippen LogP contribution is -2.25. The lowest BCUT2D eigenvalue weighted by Gasteiger charge is -2.21. The van der Waals surface area contributed by atoms with Crippen molar-refractivity contribution >= 4 is 0 Å². The van der Waals surface area contributed by atoms with Crippen LogP contribution in [0, 0.1) is 19.7 Å². The van der Waals surface area contributed by atoms with Gasteiger partial charge in [0.05, 0.1) is 17.3 Å². The van der Waals surface area contributed by atoms with Gasteiger partial charge in [-0.3, -0.25) is 4.68 Å². The average molecular weight is 319 g/mol. The largest absolute Gasteiger partial charge is 0.387 e. The van der Waals surface area contributed by atoms with Crippen LogP contribution in [0.3, 0.4) is 0 Å². The fraction of sp³-hybridized carbons (Fsp3) is 0.500. The second-order valence-electron chi connectivity index (χ2n) is 6.93. The van der Waals surface area contributed by atoms with E-state index in [1.54, 1.807) is 12.1 Å². The van der Waals surface area contributed by atoms with Crippen molar-refractivity contribution in [2.24, 2.45) is 0 Å². The molecule has 2 N–H and O–H groups in total. The molecule has 1 aromatic carbocycles. The minimum atomic E-state index is -0.658. The van der Waals surface area contributed by atoms with Crippen molar-refractivity contribution in [3.8, 4) is 0 Å². The normalized spacial score (nSPS) is 13.3. The van der Waals surface area contributed by atoms with Crippen molar-refractivity contribution in [3.63, 3.8) is 0 Å². The van der Waals surface area contributed by atoms with Crippen LogP contribution < -0.4 is 5.32 Å². The molecule has 2 rings (SSSR count). The Kier molecular flexibility index (Phi) is 5.22. The Morgan fingerprint density at radius 1 is 1.22 bits per heavy atom. The van der Waals surface area contributed by atoms with Crippen LogP contribution in [0.4, 0.5) is 4.39 Å². The molecule has 5 heteroatoms. The van der Waals surface area contributed by atoms with Gasteiger partial charge in [-0.05, 0) is 52.3 Å². The van der Waals surface area contributed by atoms with Gasteiger partial charge in [-0.1, -0.05) is 12.1 Å². The lowest BCUT2D eigenvalue weighted by atomic mass is 10.1. The van der Waals surface area contributed by atoms with Crippen LogP contribution >= 0.6 is 0 Å². The van der Waals surface area contributed by atoms with Gasteiger partial charge >= 0.3 is 0 Å². The standard InChI is InChI=1S/C18H26FN3O/c1-12-16(13(2)22(21-12)18(3,4)5)10-20-11-17(23)14-6-8-15(19)9-7-14/h6-9,17,20,23H,10-11H2,1-5H3. The minimum absolute atomic E-state index is 0.0548. The molecule has 0 spiro atoms. The number of benzene rings is 1. The number of aliphatic hydroxyl groups is 1. The molecule has 0 saturated carbocycles. The van der Waals surface area contributed by atoms with Crippen molar-refractivity contribution < 1.29 is 9.50 Å². The monoisotopic (exact) mass is 319 g/mol. The number of hydrogen-bond donors (Lipinski definition) is 2. The smallest absolute Gasteiger partial charge is 0.123 e. The van der Waals surface area contributed by atoms with Crippen molar-refractivity contribution in [1.82, 2.24) is 15.1 Å². The molecule has 0 aliphatic heterocycles. The van der Waals surface area contributed by atoms with Gasteiger partial charge in [0.25, 0.3) is 0 Å². The number of hydrogen-bond acceptors (Lipinski definition) is 3. The Balaban J connectivity index is 1.99. The molecule has 0 amide bonds. The quantitative estimate of drug-likeness (QED) is 0.890. The van der Waals surface area contributed by atoms with Gasteiger partial charge in [0, 0.05) is 24.3 Å². The van der Waals surface area contributed by atoms with Crippen molar-refractivity contribution in [1.29, 1.82) is 0 Å². The van der Waals surface area contributed by atoms with Gasteiger partial charge in [0.15, 0.2) is 0 Å². The molecule has 0 aliphatic carbocycles. The highest BCUT2D eigenvalue weighted by molar-refractivity contribution is 5.25. The zero-order valence-electron chi connectivity index (χ0n) is 14.5. The topological polar surface area (TPSA) is 50.1 Å². The third kappa shape index (κ3) is 4.18. The maximum atomic E-state index is 12.9. The number of halogens is 1. The molecule has 0 aliphatic rings. The maximum absolute atomic E-state index is 12.9. The van der Waals surface area contributed by atoms with Gasteiger partial charge in [-0.25, -0.2) is 4.39 Å². The average Bonchev–Trinajstić information content (AvgIpc) is 2.75. The molecule has 0 saturated heterocycles. The first-order valence-corrected chi connectivity index (χ1v) is 7.90. The second kappa shape index (κ2) is 6.81. The van der Waals surface area contributed by atoms with E-state index in [0.717, 1.165) is 17.0 Å². The Hall–Kier alpha value is -1.72. The molecule has 4 nitrogen and oxygen atoms in total. The lowest BCUT2D eigenvalue weighted by molar-refractivity contribution is 0.174. The van der Waals surface area contributed by atoms with E-state index in [9.17, 15) is 9.50 Å². The van der Waals surface area contributed by atoms with Crippen LogP contribution in [0.15, 0.2) is 24.3 Å².